The summed E-state index contributed by atoms with van der Waals surface area (Å²) >= 11 is 2.71. The maximum absolute atomic E-state index is 13.4. The number of nitrogens with one attached hydrogen (secondary N) is 1. The highest BCUT2D eigenvalue weighted by Gasteiger charge is 2.27. The van der Waals surface area contributed by atoms with Crippen molar-refractivity contribution in [3.63, 3.8) is 0 Å². The van der Waals surface area contributed by atoms with Crippen molar-refractivity contribution >= 4 is 35.1 Å². The number of carbonyl (C=O) groups excluding carboxylic acids is 1. The molecular formula is C23H22FN3O2S2. The van der Waals surface area contributed by atoms with E-state index in [-0.39, 0.29) is 28.3 Å². The van der Waals surface area contributed by atoms with E-state index in [1.165, 1.54) is 40.2 Å². The van der Waals surface area contributed by atoms with Crippen LogP contribution in [-0.4, -0.2) is 26.5 Å². The number of amides is 1. The Morgan fingerprint density at radius 1 is 1.26 bits per heavy atom. The predicted octanol–water partition coefficient (Wildman–Crippen LogP) is 4.76. The minimum atomic E-state index is -0.379. The van der Waals surface area contributed by atoms with Crippen LogP contribution in [0, 0.1) is 19.7 Å². The molecule has 2 aromatic carbocycles. The van der Waals surface area contributed by atoms with Crippen molar-refractivity contribution in [2.45, 2.75) is 42.5 Å². The number of rotatable bonds is 5. The summed E-state index contributed by atoms with van der Waals surface area (Å²) in [6.07, 6.45) is 0.710. The van der Waals surface area contributed by atoms with E-state index in [0.29, 0.717) is 22.2 Å². The predicted molar refractivity (Wildman–Crippen MR) is 124 cm³/mol. The molecule has 160 valence electrons. The van der Waals surface area contributed by atoms with Crippen LogP contribution in [0.1, 0.15) is 23.7 Å². The molecule has 0 saturated heterocycles. The van der Waals surface area contributed by atoms with Crippen molar-refractivity contribution < 1.29 is 9.18 Å². The van der Waals surface area contributed by atoms with Gasteiger partial charge < -0.3 is 5.32 Å². The molecule has 31 heavy (non-hydrogen) atoms. The summed E-state index contributed by atoms with van der Waals surface area (Å²) in [5.41, 5.74) is 4.00. The van der Waals surface area contributed by atoms with Crippen LogP contribution in [0.4, 0.5) is 10.1 Å². The van der Waals surface area contributed by atoms with E-state index >= 15 is 0 Å². The first-order valence-corrected chi connectivity index (χ1v) is 11.8. The monoisotopic (exact) mass is 455 g/mol. The first kappa shape index (κ1) is 21.6. The molecule has 1 aromatic heterocycles. The zero-order valence-electron chi connectivity index (χ0n) is 17.4. The summed E-state index contributed by atoms with van der Waals surface area (Å²) < 4.78 is 14.9. The van der Waals surface area contributed by atoms with E-state index in [1.54, 1.807) is 12.1 Å². The molecule has 1 N–H and O–H groups in total. The largest absolute Gasteiger partial charge is 0.325 e. The van der Waals surface area contributed by atoms with Crippen LogP contribution < -0.4 is 10.9 Å². The Kier molecular flexibility index (Phi) is 6.20. The zero-order valence-corrected chi connectivity index (χ0v) is 19.1. The number of fused-ring (bicyclic) bond motifs is 1. The number of benzene rings is 2. The molecule has 0 radical (unpaired) electrons. The normalized spacial score (nSPS) is 15.0. The average Bonchev–Trinajstić information content (AvgIpc) is 3.11. The van der Waals surface area contributed by atoms with Crippen LogP contribution in [0.25, 0.3) is 5.69 Å². The second kappa shape index (κ2) is 8.88. The molecule has 1 aliphatic rings. The molecule has 0 spiro atoms. The smallest absolute Gasteiger partial charge is 0.272 e. The summed E-state index contributed by atoms with van der Waals surface area (Å²) in [4.78, 5) is 31.2. The van der Waals surface area contributed by atoms with Gasteiger partial charge in [-0.05, 0) is 55.3 Å². The van der Waals surface area contributed by atoms with Crippen molar-refractivity contribution in [1.29, 1.82) is 0 Å². The van der Waals surface area contributed by atoms with Gasteiger partial charge in [0.25, 0.3) is 5.56 Å². The topological polar surface area (TPSA) is 64.0 Å². The van der Waals surface area contributed by atoms with E-state index in [4.69, 9.17) is 4.98 Å². The standard InChI is InChI=1S/C23H22FN3O2S2/c1-13-5-4-6-18(15(13)3)25-20(28)12-30-23-26-19-11-14(2)31-21(19)22(29)27(23)17-9-7-16(24)8-10-17/h4-10,14H,11-12H2,1-3H3,(H,25,28). The molecule has 4 rings (SSSR count). The molecule has 8 heteroatoms. The zero-order chi connectivity index (χ0) is 22.1. The maximum atomic E-state index is 13.4. The molecule has 1 unspecified atom stereocenters. The fraction of sp³-hybridized carbons (Fsp3) is 0.261. The number of anilines is 1. The highest BCUT2D eigenvalue weighted by Crippen LogP contribution is 2.35. The third-order valence-corrected chi connectivity index (χ3v) is 7.33. The van der Waals surface area contributed by atoms with E-state index < -0.39 is 0 Å². The molecule has 3 aromatic rings. The van der Waals surface area contributed by atoms with Gasteiger partial charge in [-0.1, -0.05) is 30.8 Å². The average molecular weight is 456 g/mol. The summed E-state index contributed by atoms with van der Waals surface area (Å²) in [6.45, 7) is 6.01. The van der Waals surface area contributed by atoms with Crippen LogP contribution in [0.15, 0.2) is 57.3 Å². The van der Waals surface area contributed by atoms with Crippen molar-refractivity contribution in [3.8, 4) is 5.69 Å². The number of thioether (sulfide) groups is 2. The Hall–Kier alpha value is -2.58. The molecular weight excluding hydrogens is 433 g/mol. The SMILES string of the molecule is Cc1cccc(NC(=O)CSc2nc3c(c(=O)n2-c2ccc(F)cc2)SC(C)C3)c1C. The fourth-order valence-corrected chi connectivity index (χ4v) is 5.34. The minimum Gasteiger partial charge on any atom is -0.325 e. The van der Waals surface area contributed by atoms with Crippen molar-refractivity contribution in [2.24, 2.45) is 0 Å². The molecule has 0 fully saturated rings. The maximum Gasteiger partial charge on any atom is 0.272 e. The number of aryl methyl sites for hydroxylation is 1. The van der Waals surface area contributed by atoms with Gasteiger partial charge in [0.2, 0.25) is 5.91 Å². The van der Waals surface area contributed by atoms with Gasteiger partial charge in [-0.15, -0.1) is 11.8 Å². The van der Waals surface area contributed by atoms with Gasteiger partial charge in [-0.3, -0.25) is 14.2 Å². The van der Waals surface area contributed by atoms with Crippen molar-refractivity contribution in [1.82, 2.24) is 9.55 Å². The Balaban J connectivity index is 1.63. The second-order valence-electron chi connectivity index (χ2n) is 7.50. The number of halogens is 1. The van der Waals surface area contributed by atoms with Gasteiger partial charge in [-0.25, -0.2) is 9.37 Å². The number of carbonyl (C=O) groups is 1. The van der Waals surface area contributed by atoms with Gasteiger partial charge in [0, 0.05) is 17.4 Å². The van der Waals surface area contributed by atoms with Crippen LogP contribution in [0.2, 0.25) is 0 Å². The Morgan fingerprint density at radius 3 is 2.74 bits per heavy atom. The Bertz CT molecular complexity index is 1210. The lowest BCUT2D eigenvalue weighted by Crippen LogP contribution is -2.24. The number of hydrogen-bond acceptors (Lipinski definition) is 5. The molecule has 5 nitrogen and oxygen atoms in total. The lowest BCUT2D eigenvalue weighted by molar-refractivity contribution is -0.113. The van der Waals surface area contributed by atoms with Crippen molar-refractivity contribution in [2.75, 3.05) is 11.1 Å². The van der Waals surface area contributed by atoms with Crippen molar-refractivity contribution in [3.05, 3.63) is 75.5 Å². The van der Waals surface area contributed by atoms with Gasteiger partial charge in [0.1, 0.15) is 5.82 Å². The van der Waals surface area contributed by atoms with Crippen LogP contribution in [0.5, 0.6) is 0 Å². The molecule has 2 heterocycles. The van der Waals surface area contributed by atoms with Crippen LogP contribution >= 0.6 is 23.5 Å². The van der Waals surface area contributed by atoms with Crippen LogP contribution in [-0.2, 0) is 11.2 Å². The third kappa shape index (κ3) is 4.55. The molecule has 1 aliphatic heterocycles. The summed E-state index contributed by atoms with van der Waals surface area (Å²) in [5.74, 6) is -0.458. The first-order chi connectivity index (χ1) is 14.8. The van der Waals surface area contributed by atoms with E-state index in [0.717, 1.165) is 22.5 Å². The Morgan fingerprint density at radius 2 is 2.00 bits per heavy atom. The Labute approximate surface area is 188 Å². The minimum absolute atomic E-state index is 0.0997. The molecule has 0 saturated carbocycles. The fourth-order valence-electron chi connectivity index (χ4n) is 3.42. The van der Waals surface area contributed by atoms with Crippen LogP contribution in [0.3, 0.4) is 0 Å². The molecule has 0 bridgehead atoms. The molecule has 0 aliphatic carbocycles. The summed E-state index contributed by atoms with van der Waals surface area (Å²) in [6, 6.07) is 11.5. The number of hydrogen-bond donors (Lipinski definition) is 1. The highest BCUT2D eigenvalue weighted by atomic mass is 32.2. The van der Waals surface area contributed by atoms with E-state index in [1.807, 2.05) is 32.0 Å². The van der Waals surface area contributed by atoms with Gasteiger partial charge >= 0.3 is 0 Å². The quantitative estimate of drug-likeness (QED) is 0.444. The number of nitrogens with zero attached hydrogens (tertiary/aromatic N) is 2. The van der Waals surface area contributed by atoms with Gasteiger partial charge in [0.05, 0.1) is 22.0 Å². The van der Waals surface area contributed by atoms with E-state index in [2.05, 4.69) is 12.2 Å². The van der Waals surface area contributed by atoms with Gasteiger partial charge in [-0.2, -0.15) is 0 Å². The summed E-state index contributed by atoms with van der Waals surface area (Å²) in [7, 11) is 0. The van der Waals surface area contributed by atoms with Gasteiger partial charge in [0.15, 0.2) is 5.16 Å². The lowest BCUT2D eigenvalue weighted by Gasteiger charge is -2.14. The number of aromatic nitrogens is 2. The lowest BCUT2D eigenvalue weighted by atomic mass is 10.1. The molecule has 1 amide bonds. The van der Waals surface area contributed by atoms with E-state index in [9.17, 15) is 14.0 Å². The molecule has 1 atom stereocenters. The first-order valence-electron chi connectivity index (χ1n) is 9.91. The third-order valence-electron chi connectivity index (χ3n) is 5.18. The highest BCUT2D eigenvalue weighted by molar-refractivity contribution is 8.00. The summed E-state index contributed by atoms with van der Waals surface area (Å²) in [5, 5.41) is 3.63. The second-order valence-corrected chi connectivity index (χ2v) is 9.90.